The fraction of sp³-hybridized carbons (Fsp3) is 0.381. The Morgan fingerprint density at radius 2 is 1.86 bits per heavy atom. The van der Waals surface area contributed by atoms with E-state index in [0.717, 1.165) is 13.1 Å². The second-order valence-corrected chi connectivity index (χ2v) is 9.72. The summed E-state index contributed by atoms with van der Waals surface area (Å²) in [6.45, 7) is 7.76. The fourth-order valence-electron chi connectivity index (χ4n) is 3.58. The van der Waals surface area contributed by atoms with Crippen LogP contribution in [0.15, 0.2) is 41.3 Å². The normalized spacial score (nSPS) is 18.0. The Morgan fingerprint density at radius 1 is 1.14 bits per heavy atom. The maximum Gasteiger partial charge on any atom is 0.262 e. The summed E-state index contributed by atoms with van der Waals surface area (Å²) in [6, 6.07) is 9.92. The van der Waals surface area contributed by atoms with Crippen LogP contribution in [0.1, 0.15) is 28.4 Å². The molecule has 29 heavy (non-hydrogen) atoms. The lowest BCUT2D eigenvalue weighted by atomic mass is 10.1. The second-order valence-electron chi connectivity index (χ2n) is 7.66. The number of nitrogens with zero attached hydrogens (tertiary/aromatic N) is 2. The molecule has 2 aromatic rings. The minimum atomic E-state index is -3.81. The van der Waals surface area contributed by atoms with Gasteiger partial charge in [0.05, 0.1) is 4.90 Å². The number of carbonyl (C=O) groups excluding carboxylic acids is 1. The zero-order chi connectivity index (χ0) is 21.3. The van der Waals surface area contributed by atoms with Gasteiger partial charge in [-0.3, -0.25) is 9.52 Å². The van der Waals surface area contributed by atoms with Crippen LogP contribution in [0, 0.1) is 13.8 Å². The molecule has 0 radical (unpaired) electrons. The summed E-state index contributed by atoms with van der Waals surface area (Å²) in [6.07, 6.45) is 0. The van der Waals surface area contributed by atoms with Crippen molar-refractivity contribution in [2.24, 2.45) is 0 Å². The number of halogens is 1. The monoisotopic (exact) mass is 435 g/mol. The molecule has 6 nitrogen and oxygen atoms in total. The van der Waals surface area contributed by atoms with E-state index >= 15 is 0 Å². The Labute approximate surface area is 177 Å². The smallest absolute Gasteiger partial charge is 0.262 e. The van der Waals surface area contributed by atoms with Crippen molar-refractivity contribution in [3.8, 4) is 0 Å². The molecule has 1 N–H and O–H groups in total. The molecule has 0 bridgehead atoms. The van der Waals surface area contributed by atoms with Gasteiger partial charge in [-0.05, 0) is 69.3 Å². The van der Waals surface area contributed by atoms with Gasteiger partial charge in [-0.2, -0.15) is 0 Å². The second kappa shape index (κ2) is 8.34. The number of hydrogen-bond donors (Lipinski definition) is 1. The summed E-state index contributed by atoms with van der Waals surface area (Å²) < 4.78 is 28.4. The molecule has 2 aromatic carbocycles. The highest BCUT2D eigenvalue weighted by Crippen LogP contribution is 2.26. The fourth-order valence-corrected chi connectivity index (χ4v) is 5.16. The number of anilines is 1. The number of amides is 1. The Kier molecular flexibility index (Phi) is 6.22. The van der Waals surface area contributed by atoms with Crippen LogP contribution < -0.4 is 4.72 Å². The number of carbonyl (C=O) groups is 1. The zero-order valence-corrected chi connectivity index (χ0v) is 18.6. The third-order valence-electron chi connectivity index (χ3n) is 5.20. The number of hydrogen-bond acceptors (Lipinski definition) is 4. The molecule has 1 aliphatic rings. The third kappa shape index (κ3) is 4.74. The highest BCUT2D eigenvalue weighted by atomic mass is 35.5. The number of piperazine rings is 1. The first kappa shape index (κ1) is 21.6. The summed E-state index contributed by atoms with van der Waals surface area (Å²) >= 11 is 6.09. The largest absolute Gasteiger partial charge is 0.333 e. The maximum absolute atomic E-state index is 13.0. The summed E-state index contributed by atoms with van der Waals surface area (Å²) in [5, 5.41) is 0.523. The van der Waals surface area contributed by atoms with Gasteiger partial charge in [0.15, 0.2) is 0 Å². The first-order chi connectivity index (χ1) is 13.6. The van der Waals surface area contributed by atoms with Gasteiger partial charge in [0, 0.05) is 41.9 Å². The van der Waals surface area contributed by atoms with Crippen LogP contribution >= 0.6 is 11.6 Å². The standard InChI is InChI=1S/C21H26ClN3O3S/c1-14-11-20(15(2)10-19(14)22)29(27,28)23-18-7-5-6-17(12-18)21(26)25-9-8-24(4)13-16(25)3/h5-7,10-12,16,23H,8-9,13H2,1-4H3/t16-/m1/s1. The van der Waals surface area contributed by atoms with E-state index in [9.17, 15) is 13.2 Å². The number of sulfonamides is 1. The average molecular weight is 436 g/mol. The van der Waals surface area contributed by atoms with Gasteiger partial charge >= 0.3 is 0 Å². The van der Waals surface area contributed by atoms with Crippen molar-refractivity contribution < 1.29 is 13.2 Å². The van der Waals surface area contributed by atoms with Crippen molar-refractivity contribution in [1.29, 1.82) is 0 Å². The lowest BCUT2D eigenvalue weighted by Gasteiger charge is -2.38. The highest BCUT2D eigenvalue weighted by Gasteiger charge is 2.27. The van der Waals surface area contributed by atoms with Crippen molar-refractivity contribution in [3.63, 3.8) is 0 Å². The predicted molar refractivity (Wildman–Crippen MR) is 116 cm³/mol. The molecule has 0 aromatic heterocycles. The van der Waals surface area contributed by atoms with Crippen LogP contribution in [0.5, 0.6) is 0 Å². The molecule has 1 heterocycles. The number of benzene rings is 2. The summed E-state index contributed by atoms with van der Waals surface area (Å²) in [5.74, 6) is -0.0924. The van der Waals surface area contributed by atoms with E-state index < -0.39 is 10.0 Å². The highest BCUT2D eigenvalue weighted by molar-refractivity contribution is 7.92. The Balaban J connectivity index is 1.85. The molecule has 0 unspecified atom stereocenters. The number of rotatable bonds is 4. The third-order valence-corrected chi connectivity index (χ3v) is 7.13. The number of aryl methyl sites for hydroxylation is 2. The molecule has 1 saturated heterocycles. The van der Waals surface area contributed by atoms with E-state index in [0.29, 0.717) is 33.9 Å². The van der Waals surface area contributed by atoms with Crippen molar-refractivity contribution in [3.05, 3.63) is 58.1 Å². The van der Waals surface area contributed by atoms with Gasteiger partial charge in [-0.15, -0.1) is 0 Å². The molecule has 1 fully saturated rings. The average Bonchev–Trinajstić information content (AvgIpc) is 2.64. The van der Waals surface area contributed by atoms with E-state index in [1.807, 2.05) is 18.9 Å². The minimum absolute atomic E-state index is 0.0924. The Morgan fingerprint density at radius 3 is 2.55 bits per heavy atom. The van der Waals surface area contributed by atoms with Crippen LogP contribution in [-0.4, -0.2) is 56.8 Å². The van der Waals surface area contributed by atoms with E-state index in [4.69, 9.17) is 11.6 Å². The van der Waals surface area contributed by atoms with E-state index in [1.165, 1.54) is 0 Å². The molecule has 0 spiro atoms. The van der Waals surface area contributed by atoms with Gasteiger partial charge < -0.3 is 9.80 Å². The number of likely N-dealkylation sites (N-methyl/N-ethyl adjacent to an activating group) is 1. The van der Waals surface area contributed by atoms with Gasteiger partial charge in [0.2, 0.25) is 0 Å². The topological polar surface area (TPSA) is 69.7 Å². The van der Waals surface area contributed by atoms with Crippen molar-refractivity contribution >= 4 is 33.2 Å². The summed E-state index contributed by atoms with van der Waals surface area (Å²) in [7, 11) is -1.77. The molecule has 1 amide bonds. The first-order valence-corrected chi connectivity index (χ1v) is 11.3. The first-order valence-electron chi connectivity index (χ1n) is 9.47. The van der Waals surface area contributed by atoms with Crippen LogP contribution in [0.4, 0.5) is 5.69 Å². The molecule has 1 aliphatic heterocycles. The van der Waals surface area contributed by atoms with Crippen molar-refractivity contribution in [1.82, 2.24) is 9.80 Å². The lowest BCUT2D eigenvalue weighted by Crippen LogP contribution is -2.52. The Hall–Kier alpha value is -2.09. The maximum atomic E-state index is 13.0. The molecule has 8 heteroatoms. The van der Waals surface area contributed by atoms with E-state index in [-0.39, 0.29) is 16.8 Å². The predicted octanol–water partition coefficient (Wildman–Crippen LogP) is 3.53. The van der Waals surface area contributed by atoms with E-state index in [2.05, 4.69) is 9.62 Å². The van der Waals surface area contributed by atoms with Gasteiger partial charge in [-0.1, -0.05) is 17.7 Å². The lowest BCUT2D eigenvalue weighted by molar-refractivity contribution is 0.0533. The Bertz CT molecular complexity index is 1040. The van der Waals surface area contributed by atoms with Crippen LogP contribution in [0.2, 0.25) is 5.02 Å². The SMILES string of the molecule is Cc1cc(S(=O)(=O)Nc2cccc(C(=O)N3CCN(C)C[C@H]3C)c2)c(C)cc1Cl. The van der Waals surface area contributed by atoms with Crippen LogP contribution in [-0.2, 0) is 10.0 Å². The van der Waals surface area contributed by atoms with Gasteiger partial charge in [0.25, 0.3) is 15.9 Å². The number of nitrogens with one attached hydrogen (secondary N) is 1. The zero-order valence-electron chi connectivity index (χ0n) is 17.1. The van der Waals surface area contributed by atoms with Crippen LogP contribution in [0.25, 0.3) is 0 Å². The summed E-state index contributed by atoms with van der Waals surface area (Å²) in [4.78, 5) is 17.2. The van der Waals surface area contributed by atoms with Crippen molar-refractivity contribution in [2.45, 2.75) is 31.7 Å². The van der Waals surface area contributed by atoms with Gasteiger partial charge in [-0.25, -0.2) is 8.42 Å². The van der Waals surface area contributed by atoms with Crippen molar-refractivity contribution in [2.75, 3.05) is 31.4 Å². The van der Waals surface area contributed by atoms with Gasteiger partial charge in [0.1, 0.15) is 0 Å². The van der Waals surface area contributed by atoms with Crippen LogP contribution in [0.3, 0.4) is 0 Å². The van der Waals surface area contributed by atoms with E-state index in [1.54, 1.807) is 50.2 Å². The molecule has 0 aliphatic carbocycles. The molecule has 0 saturated carbocycles. The molecule has 156 valence electrons. The molecule has 3 rings (SSSR count). The molecular formula is C21H26ClN3O3S. The molecule has 1 atom stereocenters. The minimum Gasteiger partial charge on any atom is -0.333 e. The quantitative estimate of drug-likeness (QED) is 0.797. The summed E-state index contributed by atoms with van der Waals surface area (Å²) in [5.41, 5.74) is 2.06. The molecular weight excluding hydrogens is 410 g/mol.